The summed E-state index contributed by atoms with van der Waals surface area (Å²) in [5.74, 6) is 0.283. The van der Waals surface area contributed by atoms with E-state index in [1.54, 1.807) is 17.9 Å². The van der Waals surface area contributed by atoms with Crippen LogP contribution in [0, 0.1) is 0 Å². The van der Waals surface area contributed by atoms with Crippen molar-refractivity contribution in [3.05, 3.63) is 70.2 Å². The highest BCUT2D eigenvalue weighted by Crippen LogP contribution is 2.18. The van der Waals surface area contributed by atoms with Crippen LogP contribution in [0.3, 0.4) is 0 Å². The highest BCUT2D eigenvalue weighted by atomic mass is 35.5. The number of nitrogens with one attached hydrogen (secondary N) is 1. The molecular formula is C25H33ClN2O2. The van der Waals surface area contributed by atoms with E-state index >= 15 is 0 Å². The van der Waals surface area contributed by atoms with Crippen molar-refractivity contribution >= 4 is 23.4 Å². The van der Waals surface area contributed by atoms with E-state index in [0.29, 0.717) is 30.3 Å². The Bertz CT molecular complexity index is 846. The molecule has 1 atom stereocenters. The first-order valence-electron chi connectivity index (χ1n) is 10.6. The summed E-state index contributed by atoms with van der Waals surface area (Å²) in [7, 11) is 0. The highest BCUT2D eigenvalue weighted by Gasteiger charge is 2.26. The van der Waals surface area contributed by atoms with Crippen molar-refractivity contribution in [3.8, 4) is 0 Å². The molecule has 30 heavy (non-hydrogen) atoms. The molecule has 162 valence electrons. The molecule has 0 heterocycles. The number of carbonyl (C=O) groups is 2. The van der Waals surface area contributed by atoms with E-state index in [9.17, 15) is 9.59 Å². The van der Waals surface area contributed by atoms with E-state index in [4.69, 9.17) is 11.6 Å². The third-order valence-corrected chi connectivity index (χ3v) is 5.35. The van der Waals surface area contributed by atoms with Crippen molar-refractivity contribution in [2.75, 3.05) is 0 Å². The minimum atomic E-state index is -0.567. The number of halogens is 1. The lowest BCUT2D eigenvalue weighted by molar-refractivity contribution is -0.140. The van der Waals surface area contributed by atoms with Gasteiger partial charge in [0.15, 0.2) is 0 Å². The van der Waals surface area contributed by atoms with E-state index in [1.165, 1.54) is 5.56 Å². The second kappa shape index (κ2) is 11.2. The fraction of sp³-hybridized carbons (Fsp3) is 0.440. The van der Waals surface area contributed by atoms with Gasteiger partial charge in [-0.15, -0.1) is 0 Å². The summed E-state index contributed by atoms with van der Waals surface area (Å²) in [5, 5.41) is 3.52. The molecule has 4 nitrogen and oxygen atoms in total. The first kappa shape index (κ1) is 23.9. The molecule has 0 bridgehead atoms. The molecule has 1 N–H and O–H groups in total. The maximum atomic E-state index is 13.1. The number of benzene rings is 2. The van der Waals surface area contributed by atoms with Gasteiger partial charge >= 0.3 is 0 Å². The standard InChI is InChI=1S/C25H33ClN2O2/c1-17(2)22-12-9-20(10-13-22)11-14-24(29)28(19(5)25(30)27-18(3)4)16-21-7-6-8-23(26)15-21/h6-10,12-13,15,17-19H,11,14,16H2,1-5H3,(H,27,30)/t19-/m1/s1. The average molecular weight is 429 g/mol. The molecule has 0 saturated heterocycles. The third-order valence-electron chi connectivity index (χ3n) is 5.11. The van der Waals surface area contributed by atoms with E-state index in [1.807, 2.05) is 32.0 Å². The molecule has 0 aromatic heterocycles. The van der Waals surface area contributed by atoms with Crippen LogP contribution in [0.25, 0.3) is 0 Å². The molecule has 0 spiro atoms. The molecule has 2 aromatic rings. The number of rotatable bonds is 9. The van der Waals surface area contributed by atoms with Gasteiger partial charge in [0.2, 0.25) is 11.8 Å². The molecule has 5 heteroatoms. The molecule has 0 saturated carbocycles. The van der Waals surface area contributed by atoms with Crippen LogP contribution in [-0.2, 0) is 22.6 Å². The molecule has 2 amide bonds. The summed E-state index contributed by atoms with van der Waals surface area (Å²) in [5.41, 5.74) is 3.31. The molecule has 0 aliphatic rings. The number of hydrogen-bond donors (Lipinski definition) is 1. The smallest absolute Gasteiger partial charge is 0.242 e. The second-order valence-electron chi connectivity index (χ2n) is 8.39. The predicted molar refractivity (Wildman–Crippen MR) is 124 cm³/mol. The first-order valence-corrected chi connectivity index (χ1v) is 11.0. The van der Waals surface area contributed by atoms with E-state index in [2.05, 4.69) is 43.4 Å². The van der Waals surface area contributed by atoms with Crippen LogP contribution < -0.4 is 5.32 Å². The lowest BCUT2D eigenvalue weighted by Crippen LogP contribution is -2.49. The fourth-order valence-corrected chi connectivity index (χ4v) is 3.50. The van der Waals surface area contributed by atoms with Gasteiger partial charge in [0.25, 0.3) is 0 Å². The van der Waals surface area contributed by atoms with Gasteiger partial charge in [0.1, 0.15) is 6.04 Å². The highest BCUT2D eigenvalue weighted by molar-refractivity contribution is 6.30. The Labute approximate surface area is 185 Å². The quantitative estimate of drug-likeness (QED) is 0.586. The van der Waals surface area contributed by atoms with Gasteiger partial charge in [-0.2, -0.15) is 0 Å². The number of carbonyl (C=O) groups excluding carboxylic acids is 2. The zero-order valence-electron chi connectivity index (χ0n) is 18.6. The molecule has 0 unspecified atom stereocenters. The van der Waals surface area contributed by atoms with E-state index in [0.717, 1.165) is 11.1 Å². The van der Waals surface area contributed by atoms with Gasteiger partial charge in [0.05, 0.1) is 0 Å². The van der Waals surface area contributed by atoms with Crippen molar-refractivity contribution in [1.29, 1.82) is 0 Å². The van der Waals surface area contributed by atoms with Gasteiger partial charge in [0, 0.05) is 24.0 Å². The van der Waals surface area contributed by atoms with E-state index in [-0.39, 0.29) is 17.9 Å². The molecule has 0 fully saturated rings. The van der Waals surface area contributed by atoms with Gasteiger partial charge in [-0.3, -0.25) is 9.59 Å². The molecule has 0 aliphatic heterocycles. The summed E-state index contributed by atoms with van der Waals surface area (Å²) < 4.78 is 0. The SMILES string of the molecule is CC(C)NC(=O)[C@@H](C)N(Cc1cccc(Cl)c1)C(=O)CCc1ccc(C(C)C)cc1. The van der Waals surface area contributed by atoms with Crippen LogP contribution in [0.2, 0.25) is 5.02 Å². The van der Waals surface area contributed by atoms with E-state index < -0.39 is 6.04 Å². The monoisotopic (exact) mass is 428 g/mol. The largest absolute Gasteiger partial charge is 0.352 e. The Balaban J connectivity index is 2.13. The first-order chi connectivity index (χ1) is 14.2. The Morgan fingerprint density at radius 2 is 1.63 bits per heavy atom. The number of hydrogen-bond acceptors (Lipinski definition) is 2. The average Bonchev–Trinajstić information content (AvgIpc) is 2.69. The summed E-state index contributed by atoms with van der Waals surface area (Å²) in [4.78, 5) is 27.4. The van der Waals surface area contributed by atoms with Gasteiger partial charge in [-0.25, -0.2) is 0 Å². The molecule has 2 rings (SSSR count). The topological polar surface area (TPSA) is 49.4 Å². The minimum absolute atomic E-state index is 0.0162. The van der Waals surface area contributed by atoms with Crippen LogP contribution in [0.4, 0.5) is 0 Å². The molecular weight excluding hydrogens is 396 g/mol. The Hall–Kier alpha value is -2.33. The number of aryl methyl sites for hydroxylation is 1. The summed E-state index contributed by atoms with van der Waals surface area (Å²) >= 11 is 6.11. The number of nitrogens with zero attached hydrogens (tertiary/aromatic N) is 1. The van der Waals surface area contributed by atoms with Crippen molar-refractivity contribution in [3.63, 3.8) is 0 Å². The summed E-state index contributed by atoms with van der Waals surface area (Å²) in [6.45, 7) is 10.3. The van der Waals surface area contributed by atoms with Crippen LogP contribution in [0.1, 0.15) is 63.6 Å². The van der Waals surface area contributed by atoms with Crippen molar-refractivity contribution in [2.45, 2.75) is 72.0 Å². The minimum Gasteiger partial charge on any atom is -0.352 e. The van der Waals surface area contributed by atoms with Gasteiger partial charge in [-0.1, -0.05) is 61.8 Å². The van der Waals surface area contributed by atoms with Crippen molar-refractivity contribution < 1.29 is 9.59 Å². The van der Waals surface area contributed by atoms with Crippen LogP contribution in [0.5, 0.6) is 0 Å². The third kappa shape index (κ3) is 7.17. The maximum absolute atomic E-state index is 13.1. The Morgan fingerprint density at radius 1 is 0.967 bits per heavy atom. The van der Waals surface area contributed by atoms with Gasteiger partial charge < -0.3 is 10.2 Å². The van der Waals surface area contributed by atoms with Crippen LogP contribution >= 0.6 is 11.6 Å². The maximum Gasteiger partial charge on any atom is 0.242 e. The molecule has 2 aromatic carbocycles. The van der Waals surface area contributed by atoms with Gasteiger partial charge in [-0.05, 0) is 61.9 Å². The molecule has 0 radical (unpaired) electrons. The lowest BCUT2D eigenvalue weighted by atomic mass is 10.00. The lowest BCUT2D eigenvalue weighted by Gasteiger charge is -2.29. The molecule has 0 aliphatic carbocycles. The zero-order chi connectivity index (χ0) is 22.3. The predicted octanol–water partition coefficient (Wildman–Crippen LogP) is 5.34. The summed E-state index contributed by atoms with van der Waals surface area (Å²) in [6, 6.07) is 15.3. The second-order valence-corrected chi connectivity index (χ2v) is 8.82. The van der Waals surface area contributed by atoms with Crippen LogP contribution in [-0.4, -0.2) is 28.8 Å². The summed E-state index contributed by atoms with van der Waals surface area (Å²) in [6.07, 6.45) is 0.989. The fourth-order valence-electron chi connectivity index (χ4n) is 3.28. The normalized spacial score (nSPS) is 12.1. The van der Waals surface area contributed by atoms with Crippen LogP contribution in [0.15, 0.2) is 48.5 Å². The Morgan fingerprint density at radius 3 is 2.20 bits per heavy atom. The zero-order valence-corrected chi connectivity index (χ0v) is 19.4. The number of amides is 2. The Kier molecular flexibility index (Phi) is 8.91. The van der Waals surface area contributed by atoms with Crippen molar-refractivity contribution in [2.24, 2.45) is 0 Å². The van der Waals surface area contributed by atoms with Crippen molar-refractivity contribution in [1.82, 2.24) is 10.2 Å².